The van der Waals surface area contributed by atoms with Crippen LogP contribution in [0.4, 0.5) is 0 Å². The van der Waals surface area contributed by atoms with Crippen molar-refractivity contribution in [1.29, 1.82) is 0 Å². The monoisotopic (exact) mass is 218 g/mol. The number of aryl methyl sites for hydroxylation is 2. The Morgan fingerprint density at radius 3 is 2.12 bits per heavy atom. The molecule has 1 aromatic carbocycles. The third-order valence-electron chi connectivity index (χ3n) is 3.37. The minimum Gasteiger partial charge on any atom is -0.481 e. The van der Waals surface area contributed by atoms with Crippen LogP contribution in [0.3, 0.4) is 0 Å². The standard InChI is InChI=1S/C13H14O3/c1-8-4-3-5-9(2)11(8)13(12(15)16)6-10(14)7-13/h3-5H,6-7H2,1-2H3,(H,15,16). The third kappa shape index (κ3) is 1.35. The number of carbonyl (C=O) groups excluding carboxylic acids is 1. The van der Waals surface area contributed by atoms with Crippen molar-refractivity contribution in [2.75, 3.05) is 0 Å². The first-order valence-electron chi connectivity index (χ1n) is 5.29. The molecule has 0 aliphatic heterocycles. The number of Topliss-reactive ketones (excluding diaryl/α,β-unsaturated/α-hetero) is 1. The summed E-state index contributed by atoms with van der Waals surface area (Å²) in [5.74, 6) is -0.852. The zero-order valence-corrected chi connectivity index (χ0v) is 9.41. The highest BCUT2D eigenvalue weighted by molar-refractivity contribution is 6.01. The molecular formula is C13H14O3. The van der Waals surface area contributed by atoms with Gasteiger partial charge in [-0.15, -0.1) is 0 Å². The Labute approximate surface area is 94.1 Å². The molecule has 0 heterocycles. The number of carboxylic acids is 1. The summed E-state index contributed by atoms with van der Waals surface area (Å²) in [6.07, 6.45) is 0.266. The second kappa shape index (κ2) is 3.44. The SMILES string of the molecule is Cc1cccc(C)c1C1(C(=O)O)CC(=O)C1. The largest absolute Gasteiger partial charge is 0.481 e. The number of rotatable bonds is 2. The van der Waals surface area contributed by atoms with E-state index in [0.717, 1.165) is 16.7 Å². The first-order valence-corrected chi connectivity index (χ1v) is 5.29. The predicted octanol–water partition coefficient (Wildman–Crippen LogP) is 1.99. The van der Waals surface area contributed by atoms with Crippen molar-refractivity contribution < 1.29 is 14.7 Å². The molecule has 1 saturated carbocycles. The second-order valence-corrected chi connectivity index (χ2v) is 4.55. The molecule has 1 aliphatic carbocycles. The van der Waals surface area contributed by atoms with Gasteiger partial charge in [0.1, 0.15) is 11.2 Å². The number of ketones is 1. The van der Waals surface area contributed by atoms with Crippen molar-refractivity contribution in [3.05, 3.63) is 34.9 Å². The van der Waals surface area contributed by atoms with Crippen LogP contribution in [0, 0.1) is 13.8 Å². The number of carbonyl (C=O) groups is 2. The van der Waals surface area contributed by atoms with E-state index in [2.05, 4.69) is 0 Å². The van der Waals surface area contributed by atoms with Gasteiger partial charge in [0.25, 0.3) is 0 Å². The summed E-state index contributed by atoms with van der Waals surface area (Å²) in [5.41, 5.74) is 1.76. The van der Waals surface area contributed by atoms with Gasteiger partial charge in [-0.25, -0.2) is 0 Å². The van der Waals surface area contributed by atoms with Crippen LogP contribution in [0.1, 0.15) is 29.5 Å². The Bertz CT molecular complexity index is 446. The zero-order valence-electron chi connectivity index (χ0n) is 9.41. The minimum absolute atomic E-state index is 0.0325. The molecule has 0 unspecified atom stereocenters. The maximum atomic E-state index is 11.4. The van der Waals surface area contributed by atoms with E-state index in [9.17, 15) is 14.7 Å². The molecule has 0 atom stereocenters. The number of hydrogen-bond acceptors (Lipinski definition) is 2. The fraction of sp³-hybridized carbons (Fsp3) is 0.385. The highest BCUT2D eigenvalue weighted by atomic mass is 16.4. The summed E-state index contributed by atoms with van der Waals surface area (Å²) >= 11 is 0. The van der Waals surface area contributed by atoms with Crippen molar-refractivity contribution in [3.63, 3.8) is 0 Å². The molecule has 0 amide bonds. The lowest BCUT2D eigenvalue weighted by Gasteiger charge is -2.38. The van der Waals surface area contributed by atoms with Gasteiger partial charge in [0.2, 0.25) is 0 Å². The van der Waals surface area contributed by atoms with Crippen molar-refractivity contribution in [1.82, 2.24) is 0 Å². The average Bonchev–Trinajstić information content (AvgIpc) is 2.13. The predicted molar refractivity (Wildman–Crippen MR) is 59.5 cm³/mol. The highest BCUT2D eigenvalue weighted by Crippen LogP contribution is 2.44. The van der Waals surface area contributed by atoms with Crippen LogP contribution >= 0.6 is 0 Å². The quantitative estimate of drug-likeness (QED) is 0.825. The zero-order chi connectivity index (χ0) is 11.9. The smallest absolute Gasteiger partial charge is 0.315 e. The molecule has 1 fully saturated rings. The summed E-state index contributed by atoms with van der Waals surface area (Å²) in [6.45, 7) is 3.80. The molecule has 0 aromatic heterocycles. The van der Waals surface area contributed by atoms with Crippen molar-refractivity contribution in [2.45, 2.75) is 32.1 Å². The van der Waals surface area contributed by atoms with Crippen molar-refractivity contribution in [3.8, 4) is 0 Å². The first kappa shape index (κ1) is 10.9. The Balaban J connectivity index is 2.57. The van der Waals surface area contributed by atoms with E-state index < -0.39 is 11.4 Å². The topological polar surface area (TPSA) is 54.4 Å². The molecule has 0 bridgehead atoms. The van der Waals surface area contributed by atoms with E-state index >= 15 is 0 Å². The molecule has 0 spiro atoms. The molecule has 2 rings (SSSR count). The highest BCUT2D eigenvalue weighted by Gasteiger charge is 2.52. The van der Waals surface area contributed by atoms with Gasteiger partial charge in [-0.3, -0.25) is 9.59 Å². The van der Waals surface area contributed by atoms with Gasteiger partial charge in [0.15, 0.2) is 0 Å². The molecular weight excluding hydrogens is 204 g/mol. The van der Waals surface area contributed by atoms with Gasteiger partial charge in [0, 0.05) is 12.8 Å². The fourth-order valence-corrected chi connectivity index (χ4v) is 2.63. The van der Waals surface area contributed by atoms with Gasteiger partial charge in [-0.1, -0.05) is 18.2 Å². The van der Waals surface area contributed by atoms with Crippen molar-refractivity contribution >= 4 is 11.8 Å². The van der Waals surface area contributed by atoms with Gasteiger partial charge < -0.3 is 5.11 Å². The van der Waals surface area contributed by atoms with Crippen LogP contribution in [0.25, 0.3) is 0 Å². The molecule has 16 heavy (non-hydrogen) atoms. The van der Waals surface area contributed by atoms with Crippen LogP contribution in [0.15, 0.2) is 18.2 Å². The Hall–Kier alpha value is -1.64. The first-order chi connectivity index (χ1) is 7.47. The Morgan fingerprint density at radius 1 is 1.25 bits per heavy atom. The number of benzene rings is 1. The molecule has 84 valence electrons. The van der Waals surface area contributed by atoms with E-state index in [1.807, 2.05) is 32.0 Å². The summed E-state index contributed by atoms with van der Waals surface area (Å²) in [6, 6.07) is 5.70. The van der Waals surface area contributed by atoms with Gasteiger partial charge >= 0.3 is 5.97 Å². The summed E-state index contributed by atoms with van der Waals surface area (Å²) in [5, 5.41) is 9.35. The van der Waals surface area contributed by atoms with E-state index in [1.54, 1.807) is 0 Å². The molecule has 1 N–H and O–H groups in total. The average molecular weight is 218 g/mol. The van der Waals surface area contributed by atoms with Gasteiger partial charge in [0.05, 0.1) is 0 Å². The van der Waals surface area contributed by atoms with Crippen LogP contribution in [0.5, 0.6) is 0 Å². The number of hydrogen-bond donors (Lipinski definition) is 1. The summed E-state index contributed by atoms with van der Waals surface area (Å²) < 4.78 is 0. The van der Waals surface area contributed by atoms with E-state index in [4.69, 9.17) is 0 Å². The third-order valence-corrected chi connectivity index (χ3v) is 3.37. The molecule has 3 heteroatoms. The number of aliphatic carboxylic acids is 1. The Kier molecular flexibility index (Phi) is 2.34. The summed E-state index contributed by atoms with van der Waals surface area (Å²) in [7, 11) is 0. The maximum Gasteiger partial charge on any atom is 0.315 e. The van der Waals surface area contributed by atoms with Crippen LogP contribution in [0.2, 0.25) is 0 Å². The lowest BCUT2D eigenvalue weighted by molar-refractivity contribution is -0.153. The normalized spacial score (nSPS) is 18.0. The molecule has 1 aromatic rings. The Morgan fingerprint density at radius 2 is 1.75 bits per heavy atom. The van der Waals surface area contributed by atoms with Gasteiger partial charge in [-0.2, -0.15) is 0 Å². The maximum absolute atomic E-state index is 11.4. The molecule has 3 nitrogen and oxygen atoms in total. The second-order valence-electron chi connectivity index (χ2n) is 4.55. The van der Waals surface area contributed by atoms with E-state index in [-0.39, 0.29) is 18.6 Å². The van der Waals surface area contributed by atoms with E-state index in [1.165, 1.54) is 0 Å². The van der Waals surface area contributed by atoms with Crippen LogP contribution < -0.4 is 0 Å². The van der Waals surface area contributed by atoms with Crippen LogP contribution in [-0.2, 0) is 15.0 Å². The lowest BCUT2D eigenvalue weighted by atomic mass is 9.61. The van der Waals surface area contributed by atoms with E-state index in [0.29, 0.717) is 0 Å². The van der Waals surface area contributed by atoms with Gasteiger partial charge in [-0.05, 0) is 30.5 Å². The molecule has 0 radical (unpaired) electrons. The van der Waals surface area contributed by atoms with Crippen LogP contribution in [-0.4, -0.2) is 16.9 Å². The fourth-order valence-electron chi connectivity index (χ4n) is 2.63. The molecule has 1 aliphatic rings. The number of carboxylic acid groups (broad SMARTS) is 1. The van der Waals surface area contributed by atoms with Crippen molar-refractivity contribution in [2.24, 2.45) is 0 Å². The molecule has 0 saturated heterocycles. The lowest BCUT2D eigenvalue weighted by Crippen LogP contribution is -2.49. The summed E-state index contributed by atoms with van der Waals surface area (Å²) in [4.78, 5) is 22.6. The minimum atomic E-state index is -0.966.